The van der Waals surface area contributed by atoms with Crippen LogP contribution in [0.1, 0.15) is 25.5 Å². The van der Waals surface area contributed by atoms with Gasteiger partial charge in [-0.05, 0) is 32.0 Å². The van der Waals surface area contributed by atoms with Gasteiger partial charge >= 0.3 is 0 Å². The quantitative estimate of drug-likeness (QED) is 0.859. The van der Waals surface area contributed by atoms with Crippen LogP contribution >= 0.6 is 0 Å². The van der Waals surface area contributed by atoms with E-state index in [0.717, 1.165) is 11.4 Å². The van der Waals surface area contributed by atoms with E-state index < -0.39 is 0 Å². The molecule has 2 aromatic carbocycles. The summed E-state index contributed by atoms with van der Waals surface area (Å²) in [6.45, 7) is 4.48. The summed E-state index contributed by atoms with van der Waals surface area (Å²) in [5.74, 6) is 0.588. The van der Waals surface area contributed by atoms with E-state index in [9.17, 15) is 4.39 Å². The first-order valence-corrected chi connectivity index (χ1v) is 6.45. The Morgan fingerprint density at radius 1 is 1.11 bits per heavy atom. The zero-order valence-corrected chi connectivity index (χ0v) is 11.2. The molecule has 2 nitrogen and oxygen atoms in total. The predicted octanol–water partition coefficient (Wildman–Crippen LogP) is 4.40. The van der Waals surface area contributed by atoms with Crippen LogP contribution in [0.2, 0.25) is 0 Å². The molecular formula is C16H18FNO. The standard InChI is InChI=1S/C16H18FNO/c1-3-19-16-11-7-6-10-15(16)18-12(2)13-8-4-5-9-14(13)17/h4-12,18H,3H2,1-2H3. The molecule has 100 valence electrons. The smallest absolute Gasteiger partial charge is 0.142 e. The number of hydrogen-bond donors (Lipinski definition) is 1. The van der Waals surface area contributed by atoms with E-state index in [-0.39, 0.29) is 11.9 Å². The van der Waals surface area contributed by atoms with Crippen LogP contribution in [0, 0.1) is 5.82 Å². The molecule has 1 atom stereocenters. The first kappa shape index (κ1) is 13.4. The van der Waals surface area contributed by atoms with Crippen LogP contribution in [0.4, 0.5) is 10.1 Å². The number of hydrogen-bond acceptors (Lipinski definition) is 2. The van der Waals surface area contributed by atoms with Crippen LogP contribution < -0.4 is 10.1 Å². The maximum Gasteiger partial charge on any atom is 0.142 e. The van der Waals surface area contributed by atoms with Crippen molar-refractivity contribution in [2.45, 2.75) is 19.9 Å². The van der Waals surface area contributed by atoms with E-state index in [1.807, 2.05) is 44.2 Å². The normalized spacial score (nSPS) is 11.9. The molecule has 1 unspecified atom stereocenters. The minimum Gasteiger partial charge on any atom is -0.492 e. The molecule has 0 saturated heterocycles. The Balaban J connectivity index is 2.19. The third-order valence-corrected chi connectivity index (χ3v) is 2.93. The Bertz CT molecular complexity index is 542. The third kappa shape index (κ3) is 3.25. The highest BCUT2D eigenvalue weighted by atomic mass is 19.1. The number of ether oxygens (including phenoxy) is 1. The van der Waals surface area contributed by atoms with Crippen molar-refractivity contribution in [3.63, 3.8) is 0 Å². The fraction of sp³-hybridized carbons (Fsp3) is 0.250. The molecule has 0 bridgehead atoms. The zero-order chi connectivity index (χ0) is 13.7. The molecule has 0 aromatic heterocycles. The van der Waals surface area contributed by atoms with Crippen molar-refractivity contribution >= 4 is 5.69 Å². The fourth-order valence-corrected chi connectivity index (χ4v) is 2.00. The van der Waals surface area contributed by atoms with Gasteiger partial charge in [0.25, 0.3) is 0 Å². The average molecular weight is 259 g/mol. The lowest BCUT2D eigenvalue weighted by atomic mass is 10.1. The summed E-state index contributed by atoms with van der Waals surface area (Å²) >= 11 is 0. The van der Waals surface area contributed by atoms with E-state index >= 15 is 0 Å². The predicted molar refractivity (Wildman–Crippen MR) is 76.0 cm³/mol. The van der Waals surface area contributed by atoms with Gasteiger partial charge in [-0.1, -0.05) is 30.3 Å². The molecule has 0 aliphatic rings. The number of para-hydroxylation sites is 2. The summed E-state index contributed by atoms with van der Waals surface area (Å²) in [5.41, 5.74) is 1.52. The number of benzene rings is 2. The summed E-state index contributed by atoms with van der Waals surface area (Å²) in [7, 11) is 0. The molecular weight excluding hydrogens is 241 g/mol. The van der Waals surface area contributed by atoms with E-state index in [1.165, 1.54) is 6.07 Å². The molecule has 0 aliphatic carbocycles. The van der Waals surface area contributed by atoms with Crippen molar-refractivity contribution in [1.29, 1.82) is 0 Å². The lowest BCUT2D eigenvalue weighted by Gasteiger charge is -2.18. The van der Waals surface area contributed by atoms with Crippen LogP contribution in [-0.4, -0.2) is 6.61 Å². The number of nitrogens with one attached hydrogen (secondary N) is 1. The largest absolute Gasteiger partial charge is 0.492 e. The van der Waals surface area contributed by atoms with Crippen molar-refractivity contribution in [3.05, 3.63) is 59.9 Å². The number of anilines is 1. The van der Waals surface area contributed by atoms with Crippen LogP contribution in [0.3, 0.4) is 0 Å². The highest BCUT2D eigenvalue weighted by molar-refractivity contribution is 5.57. The molecule has 19 heavy (non-hydrogen) atoms. The van der Waals surface area contributed by atoms with E-state index in [1.54, 1.807) is 12.1 Å². The van der Waals surface area contributed by atoms with Gasteiger partial charge in [0.15, 0.2) is 0 Å². The highest BCUT2D eigenvalue weighted by Gasteiger charge is 2.11. The minimum absolute atomic E-state index is 0.122. The lowest BCUT2D eigenvalue weighted by Crippen LogP contribution is -2.09. The van der Waals surface area contributed by atoms with Gasteiger partial charge in [-0.25, -0.2) is 4.39 Å². The summed E-state index contributed by atoms with van der Waals surface area (Å²) in [6, 6.07) is 14.4. The van der Waals surface area contributed by atoms with Crippen molar-refractivity contribution in [2.75, 3.05) is 11.9 Å². The van der Waals surface area contributed by atoms with Gasteiger partial charge in [-0.3, -0.25) is 0 Å². The van der Waals surface area contributed by atoms with Crippen molar-refractivity contribution in [3.8, 4) is 5.75 Å². The van der Waals surface area contributed by atoms with E-state index in [4.69, 9.17) is 4.74 Å². The molecule has 0 saturated carbocycles. The van der Waals surface area contributed by atoms with Crippen molar-refractivity contribution < 1.29 is 9.13 Å². The van der Waals surface area contributed by atoms with Crippen LogP contribution in [0.25, 0.3) is 0 Å². The Morgan fingerprint density at radius 2 is 1.79 bits per heavy atom. The van der Waals surface area contributed by atoms with Gasteiger partial charge in [0.1, 0.15) is 11.6 Å². The molecule has 1 N–H and O–H groups in total. The summed E-state index contributed by atoms with van der Waals surface area (Å²) in [5, 5.41) is 3.29. The summed E-state index contributed by atoms with van der Waals surface area (Å²) in [6.07, 6.45) is 0. The van der Waals surface area contributed by atoms with Gasteiger partial charge in [0.05, 0.1) is 18.3 Å². The molecule has 0 radical (unpaired) electrons. The first-order valence-electron chi connectivity index (χ1n) is 6.45. The Kier molecular flexibility index (Phi) is 4.39. The molecule has 0 aliphatic heterocycles. The van der Waals surface area contributed by atoms with Gasteiger partial charge in [0.2, 0.25) is 0 Å². The minimum atomic E-state index is -0.198. The van der Waals surface area contributed by atoms with Crippen LogP contribution in [0.5, 0.6) is 5.75 Å². The first-order chi connectivity index (χ1) is 9.22. The zero-order valence-electron chi connectivity index (χ0n) is 11.2. The van der Waals surface area contributed by atoms with E-state index in [0.29, 0.717) is 12.2 Å². The molecule has 0 amide bonds. The SMILES string of the molecule is CCOc1ccccc1NC(C)c1ccccc1F. The Hall–Kier alpha value is -2.03. The Labute approximate surface area is 113 Å². The third-order valence-electron chi connectivity index (χ3n) is 2.93. The monoisotopic (exact) mass is 259 g/mol. The average Bonchev–Trinajstić information content (AvgIpc) is 2.41. The fourth-order valence-electron chi connectivity index (χ4n) is 2.00. The molecule has 2 aromatic rings. The number of rotatable bonds is 5. The van der Waals surface area contributed by atoms with Crippen LogP contribution in [0.15, 0.2) is 48.5 Å². The van der Waals surface area contributed by atoms with Crippen molar-refractivity contribution in [2.24, 2.45) is 0 Å². The topological polar surface area (TPSA) is 21.3 Å². The second kappa shape index (κ2) is 6.23. The van der Waals surface area contributed by atoms with Gasteiger partial charge in [0, 0.05) is 5.56 Å². The molecule has 0 heterocycles. The molecule has 2 rings (SSSR count). The van der Waals surface area contributed by atoms with Crippen molar-refractivity contribution in [1.82, 2.24) is 0 Å². The van der Waals surface area contributed by atoms with Crippen LogP contribution in [-0.2, 0) is 0 Å². The van der Waals surface area contributed by atoms with Gasteiger partial charge in [-0.2, -0.15) is 0 Å². The maximum absolute atomic E-state index is 13.7. The Morgan fingerprint density at radius 3 is 2.53 bits per heavy atom. The summed E-state index contributed by atoms with van der Waals surface area (Å²) < 4.78 is 19.3. The molecule has 0 fully saturated rings. The van der Waals surface area contributed by atoms with Gasteiger partial charge < -0.3 is 10.1 Å². The van der Waals surface area contributed by atoms with Gasteiger partial charge in [-0.15, -0.1) is 0 Å². The maximum atomic E-state index is 13.7. The number of halogens is 1. The second-order valence-corrected chi connectivity index (χ2v) is 4.32. The summed E-state index contributed by atoms with van der Waals surface area (Å²) in [4.78, 5) is 0. The van der Waals surface area contributed by atoms with E-state index in [2.05, 4.69) is 5.32 Å². The molecule has 0 spiro atoms. The highest BCUT2D eigenvalue weighted by Crippen LogP contribution is 2.28. The lowest BCUT2D eigenvalue weighted by molar-refractivity contribution is 0.341. The second-order valence-electron chi connectivity index (χ2n) is 4.32. The molecule has 3 heteroatoms.